The van der Waals surface area contributed by atoms with Gasteiger partial charge in [0.2, 0.25) is 0 Å². The van der Waals surface area contributed by atoms with Crippen molar-refractivity contribution in [3.63, 3.8) is 0 Å². The van der Waals surface area contributed by atoms with Gasteiger partial charge in [-0.15, -0.1) is 11.8 Å². The molecule has 6 aromatic rings. The van der Waals surface area contributed by atoms with Crippen molar-refractivity contribution >= 4 is 35.6 Å². The van der Waals surface area contributed by atoms with Gasteiger partial charge in [-0.3, -0.25) is 0 Å². The molecule has 0 spiro atoms. The van der Waals surface area contributed by atoms with E-state index in [0.717, 1.165) is 29.3 Å². The van der Waals surface area contributed by atoms with Crippen molar-refractivity contribution in [2.75, 3.05) is 6.61 Å². The van der Waals surface area contributed by atoms with Crippen molar-refractivity contribution in [2.24, 2.45) is 0 Å². The standard InChI is InChI=1S/C49H42O9S/c1-2-33-27-29-34(30-28-33)31-39-25-15-16-26-40(39)55-49-44(58-48(53)38-23-13-6-14-24-38)43(57-47(52)37-21-11-5-12-22-37)42(56-46(51)36-19-9-4-10-20-36)41(59-49)32-54-45(50)35-17-7-3-8-18-35/h3-30,41-44,49H,2,31-32H2,1H3/t41?,42-,43+,44?,49-/m1/s1. The van der Waals surface area contributed by atoms with E-state index >= 15 is 0 Å². The Kier molecular flexibility index (Phi) is 13.5. The molecule has 1 aliphatic rings. The zero-order valence-electron chi connectivity index (χ0n) is 32.3. The molecule has 0 radical (unpaired) electrons. The lowest BCUT2D eigenvalue weighted by Crippen LogP contribution is -2.60. The summed E-state index contributed by atoms with van der Waals surface area (Å²) in [7, 11) is 0. The first-order valence-electron chi connectivity index (χ1n) is 19.3. The van der Waals surface area contributed by atoms with Crippen LogP contribution in [0.25, 0.3) is 0 Å². The summed E-state index contributed by atoms with van der Waals surface area (Å²) >= 11 is 1.16. The largest absolute Gasteiger partial charge is 0.475 e. The van der Waals surface area contributed by atoms with E-state index in [1.54, 1.807) is 121 Å². The van der Waals surface area contributed by atoms with Crippen LogP contribution < -0.4 is 4.74 Å². The zero-order valence-corrected chi connectivity index (χ0v) is 33.1. The monoisotopic (exact) mass is 806 g/mol. The predicted molar refractivity (Wildman–Crippen MR) is 225 cm³/mol. The molecule has 1 saturated heterocycles. The fourth-order valence-corrected chi connectivity index (χ4v) is 8.01. The Balaban J connectivity index is 1.30. The third kappa shape index (κ3) is 10.5. The van der Waals surface area contributed by atoms with Crippen LogP contribution in [-0.4, -0.2) is 59.5 Å². The normalized spacial score (nSPS) is 18.5. The molecule has 0 aromatic heterocycles. The molecule has 59 heavy (non-hydrogen) atoms. The summed E-state index contributed by atoms with van der Waals surface area (Å²) in [4.78, 5) is 55.2. The number of carbonyl (C=O) groups is 4. The van der Waals surface area contributed by atoms with Gasteiger partial charge in [0, 0.05) is 6.42 Å². The molecular formula is C49H42O9S. The highest BCUT2D eigenvalue weighted by Crippen LogP contribution is 2.41. The van der Waals surface area contributed by atoms with Crippen molar-refractivity contribution in [3.05, 3.63) is 209 Å². The summed E-state index contributed by atoms with van der Waals surface area (Å²) in [5, 5.41) is -0.880. The summed E-state index contributed by atoms with van der Waals surface area (Å²) in [5.41, 5.74) is 3.10. The van der Waals surface area contributed by atoms with Crippen molar-refractivity contribution in [1.82, 2.24) is 0 Å². The number of para-hydroxylation sites is 1. The predicted octanol–water partition coefficient (Wildman–Crippen LogP) is 9.19. The number of esters is 4. The summed E-state index contributed by atoms with van der Waals surface area (Å²) in [5.74, 6) is -2.29. The highest BCUT2D eigenvalue weighted by Gasteiger charge is 2.54. The summed E-state index contributed by atoms with van der Waals surface area (Å²) in [6.07, 6.45) is -2.63. The molecule has 0 amide bonds. The van der Waals surface area contributed by atoms with E-state index < -0.39 is 52.9 Å². The van der Waals surface area contributed by atoms with E-state index in [4.69, 9.17) is 23.7 Å². The Morgan fingerprint density at radius 2 is 0.898 bits per heavy atom. The molecule has 298 valence electrons. The first-order valence-corrected chi connectivity index (χ1v) is 20.3. The number of carbonyl (C=O) groups excluding carboxylic acids is 4. The second kappa shape index (κ2) is 19.7. The van der Waals surface area contributed by atoms with Crippen molar-refractivity contribution in [3.8, 4) is 5.75 Å². The van der Waals surface area contributed by atoms with E-state index in [9.17, 15) is 19.2 Å². The lowest BCUT2D eigenvalue weighted by atomic mass is 10.0. The molecule has 9 nitrogen and oxygen atoms in total. The van der Waals surface area contributed by atoms with Crippen molar-refractivity contribution in [1.29, 1.82) is 0 Å². The fourth-order valence-electron chi connectivity index (χ4n) is 6.62. The Morgan fingerprint density at radius 3 is 1.41 bits per heavy atom. The topological polar surface area (TPSA) is 114 Å². The number of thioether (sulfide) groups is 1. The van der Waals surface area contributed by atoms with Gasteiger partial charge in [0.25, 0.3) is 0 Å². The average Bonchev–Trinajstić information content (AvgIpc) is 3.29. The second-order valence-electron chi connectivity index (χ2n) is 13.8. The third-order valence-corrected chi connectivity index (χ3v) is 11.2. The van der Waals surface area contributed by atoms with E-state index in [-0.39, 0.29) is 23.3 Å². The highest BCUT2D eigenvalue weighted by atomic mass is 32.2. The van der Waals surface area contributed by atoms with Crippen LogP contribution in [0.4, 0.5) is 0 Å². The quantitative estimate of drug-likeness (QED) is 0.0780. The van der Waals surface area contributed by atoms with Gasteiger partial charge >= 0.3 is 23.9 Å². The number of hydrogen-bond donors (Lipinski definition) is 0. The van der Waals surface area contributed by atoms with Gasteiger partial charge in [-0.1, -0.05) is 122 Å². The number of ether oxygens (including phenoxy) is 5. The minimum absolute atomic E-state index is 0.218. The van der Waals surface area contributed by atoms with Crippen LogP contribution in [0.5, 0.6) is 5.75 Å². The van der Waals surface area contributed by atoms with Crippen LogP contribution in [0.15, 0.2) is 170 Å². The molecule has 0 aliphatic carbocycles. The number of hydrogen-bond acceptors (Lipinski definition) is 10. The van der Waals surface area contributed by atoms with Gasteiger partial charge < -0.3 is 23.7 Å². The number of rotatable bonds is 14. The van der Waals surface area contributed by atoms with Crippen LogP contribution in [0.3, 0.4) is 0 Å². The Bertz CT molecular complexity index is 2320. The van der Waals surface area contributed by atoms with Gasteiger partial charge in [-0.05, 0) is 77.7 Å². The maximum Gasteiger partial charge on any atom is 0.338 e. The van der Waals surface area contributed by atoms with Crippen LogP contribution in [0.2, 0.25) is 0 Å². The Hall–Kier alpha value is -6.65. The Morgan fingerprint density at radius 1 is 0.475 bits per heavy atom. The molecule has 0 saturated carbocycles. The molecule has 6 aromatic carbocycles. The first-order chi connectivity index (χ1) is 28.9. The molecule has 1 heterocycles. The van der Waals surface area contributed by atoms with E-state index in [2.05, 4.69) is 31.2 Å². The molecule has 5 atom stereocenters. The maximum absolute atomic E-state index is 14.0. The molecule has 0 bridgehead atoms. The average molecular weight is 807 g/mol. The second-order valence-corrected chi connectivity index (χ2v) is 15.1. The molecule has 1 aliphatic heterocycles. The van der Waals surface area contributed by atoms with Crippen LogP contribution >= 0.6 is 11.8 Å². The zero-order chi connectivity index (χ0) is 41.0. The molecule has 1 fully saturated rings. The third-order valence-electron chi connectivity index (χ3n) is 9.78. The van der Waals surface area contributed by atoms with Crippen molar-refractivity contribution in [2.45, 2.75) is 48.8 Å². The SMILES string of the molecule is CCc1ccc(Cc2ccccc2O[C@@H]2SC(COC(=O)c3ccccc3)[C@@H](OC(=O)c3ccccc3)[C@H](OC(=O)c3ccccc3)C2OC(=O)c2ccccc2)cc1. The molecule has 0 N–H and O–H groups in total. The summed E-state index contributed by atoms with van der Waals surface area (Å²) in [6, 6.07) is 49.5. The minimum atomic E-state index is -1.44. The summed E-state index contributed by atoms with van der Waals surface area (Å²) in [6.45, 7) is 1.82. The molecule has 2 unspecified atom stereocenters. The summed E-state index contributed by atoms with van der Waals surface area (Å²) < 4.78 is 31.5. The number of aryl methyl sites for hydroxylation is 1. The maximum atomic E-state index is 14.0. The van der Waals surface area contributed by atoms with Gasteiger partial charge in [0.1, 0.15) is 12.4 Å². The van der Waals surface area contributed by atoms with Gasteiger partial charge in [0.05, 0.1) is 27.5 Å². The van der Waals surface area contributed by atoms with Crippen LogP contribution in [0.1, 0.15) is 65.0 Å². The van der Waals surface area contributed by atoms with Crippen LogP contribution in [-0.2, 0) is 31.8 Å². The molecule has 10 heteroatoms. The highest BCUT2D eigenvalue weighted by molar-refractivity contribution is 8.00. The smallest absolute Gasteiger partial charge is 0.338 e. The minimum Gasteiger partial charge on any atom is -0.475 e. The first kappa shape index (κ1) is 40.5. The van der Waals surface area contributed by atoms with Crippen molar-refractivity contribution < 1.29 is 42.9 Å². The van der Waals surface area contributed by atoms with Crippen LogP contribution in [0, 0.1) is 0 Å². The molecular weight excluding hydrogens is 765 g/mol. The Labute approximate surface area is 347 Å². The number of benzene rings is 6. The van der Waals surface area contributed by atoms with Gasteiger partial charge in [-0.2, -0.15) is 0 Å². The van der Waals surface area contributed by atoms with E-state index in [0.29, 0.717) is 17.7 Å². The van der Waals surface area contributed by atoms with E-state index in [1.165, 1.54) is 5.56 Å². The van der Waals surface area contributed by atoms with Gasteiger partial charge in [0.15, 0.2) is 23.7 Å². The lowest BCUT2D eigenvalue weighted by molar-refractivity contribution is -0.111. The lowest BCUT2D eigenvalue weighted by Gasteiger charge is -2.44. The fraction of sp³-hybridized carbons (Fsp3) is 0.184. The van der Waals surface area contributed by atoms with Gasteiger partial charge in [-0.25, -0.2) is 19.2 Å². The van der Waals surface area contributed by atoms with E-state index in [1.807, 2.05) is 24.3 Å². The molecule has 7 rings (SSSR count).